The zero-order valence-corrected chi connectivity index (χ0v) is 11.0. The Morgan fingerprint density at radius 3 is 2.62 bits per heavy atom. The van der Waals surface area contributed by atoms with E-state index in [1.165, 1.54) is 6.07 Å². The molecule has 16 heavy (non-hydrogen) atoms. The fourth-order valence-corrected chi connectivity index (χ4v) is 1.96. The molecule has 0 aliphatic rings. The minimum absolute atomic E-state index is 0.104. The summed E-state index contributed by atoms with van der Waals surface area (Å²) in [6.07, 6.45) is 1.51. The molecule has 5 heteroatoms. The van der Waals surface area contributed by atoms with Crippen LogP contribution in [0.25, 0.3) is 0 Å². The Labute approximate surface area is 103 Å². The number of rotatable bonds is 4. The van der Waals surface area contributed by atoms with E-state index in [0.717, 1.165) is 18.4 Å². The molecule has 0 atom stereocenters. The van der Waals surface area contributed by atoms with Gasteiger partial charge in [-0.1, -0.05) is 12.1 Å². The average molecular weight is 287 g/mol. The van der Waals surface area contributed by atoms with E-state index in [9.17, 15) is 10.1 Å². The first-order valence-electron chi connectivity index (χ1n) is 5.02. The van der Waals surface area contributed by atoms with Crippen molar-refractivity contribution >= 4 is 21.6 Å². The second-order valence-corrected chi connectivity index (χ2v) is 5.29. The molecule has 1 aromatic carbocycles. The molecule has 0 aromatic heterocycles. The van der Waals surface area contributed by atoms with E-state index >= 15 is 0 Å². The third-order valence-electron chi connectivity index (χ3n) is 2.29. The molecule has 0 aliphatic carbocycles. The zero-order chi connectivity index (χ0) is 12.3. The molecule has 0 saturated heterocycles. The van der Waals surface area contributed by atoms with E-state index in [-0.39, 0.29) is 16.1 Å². The van der Waals surface area contributed by atoms with Crippen LogP contribution in [0.1, 0.15) is 25.8 Å². The fraction of sp³-hybridized carbons (Fsp3) is 0.455. The van der Waals surface area contributed by atoms with Gasteiger partial charge in [-0.05, 0) is 48.2 Å². The lowest BCUT2D eigenvalue weighted by Gasteiger charge is -2.18. The molecule has 88 valence electrons. The van der Waals surface area contributed by atoms with Gasteiger partial charge in [-0.25, -0.2) is 0 Å². The maximum Gasteiger partial charge on any atom is 0.283 e. The van der Waals surface area contributed by atoms with Gasteiger partial charge in [0.25, 0.3) is 5.69 Å². The highest BCUT2D eigenvalue weighted by molar-refractivity contribution is 9.10. The largest absolute Gasteiger partial charge is 0.326 e. The third kappa shape index (κ3) is 3.57. The number of aryl methyl sites for hydroxylation is 1. The van der Waals surface area contributed by atoms with Gasteiger partial charge in [0, 0.05) is 11.6 Å². The number of nitrogens with two attached hydrogens (primary N) is 1. The smallest absolute Gasteiger partial charge is 0.283 e. The summed E-state index contributed by atoms with van der Waals surface area (Å²) in [5.74, 6) is 0. The number of halogens is 1. The highest BCUT2D eigenvalue weighted by atomic mass is 79.9. The minimum Gasteiger partial charge on any atom is -0.326 e. The van der Waals surface area contributed by atoms with Crippen molar-refractivity contribution in [2.75, 3.05) is 0 Å². The van der Waals surface area contributed by atoms with E-state index in [1.807, 2.05) is 19.9 Å². The molecule has 0 aliphatic heterocycles. The van der Waals surface area contributed by atoms with Crippen molar-refractivity contribution in [1.82, 2.24) is 0 Å². The summed E-state index contributed by atoms with van der Waals surface area (Å²) in [6, 6.07) is 5.06. The SMILES string of the molecule is CC(C)(N)CCc1cccc([N+](=O)[O-])c1Br. The van der Waals surface area contributed by atoms with E-state index < -0.39 is 0 Å². The first kappa shape index (κ1) is 13.1. The molecule has 0 unspecified atom stereocenters. The normalized spacial score (nSPS) is 11.5. The van der Waals surface area contributed by atoms with E-state index in [1.54, 1.807) is 6.07 Å². The number of nitrogens with zero attached hydrogens (tertiary/aromatic N) is 1. The number of benzene rings is 1. The monoisotopic (exact) mass is 286 g/mol. The summed E-state index contributed by atoms with van der Waals surface area (Å²) in [7, 11) is 0. The Kier molecular flexibility index (Phi) is 4.04. The first-order chi connectivity index (χ1) is 7.31. The van der Waals surface area contributed by atoms with Gasteiger partial charge in [-0.3, -0.25) is 10.1 Å². The molecule has 0 radical (unpaired) electrons. The van der Waals surface area contributed by atoms with Crippen LogP contribution in [0.4, 0.5) is 5.69 Å². The Hall–Kier alpha value is -0.940. The van der Waals surface area contributed by atoms with Crippen LogP contribution in [0.2, 0.25) is 0 Å². The third-order valence-corrected chi connectivity index (χ3v) is 3.21. The maximum absolute atomic E-state index is 10.7. The van der Waals surface area contributed by atoms with Crippen molar-refractivity contribution in [1.29, 1.82) is 0 Å². The van der Waals surface area contributed by atoms with E-state index in [2.05, 4.69) is 15.9 Å². The molecule has 2 N–H and O–H groups in total. The van der Waals surface area contributed by atoms with Crippen LogP contribution in [0.3, 0.4) is 0 Å². The number of hydrogen-bond acceptors (Lipinski definition) is 3. The standard InChI is InChI=1S/C11H15BrN2O2/c1-11(2,13)7-6-8-4-3-5-9(10(8)12)14(15)16/h3-5H,6-7,13H2,1-2H3. The van der Waals surface area contributed by atoms with Gasteiger partial charge in [0.15, 0.2) is 0 Å². The summed E-state index contributed by atoms with van der Waals surface area (Å²) < 4.78 is 0.559. The minimum atomic E-state index is -0.388. The topological polar surface area (TPSA) is 69.2 Å². The van der Waals surface area contributed by atoms with Crippen LogP contribution in [0.5, 0.6) is 0 Å². The van der Waals surface area contributed by atoms with Crippen molar-refractivity contribution in [3.8, 4) is 0 Å². The number of nitro groups is 1. The molecule has 0 amide bonds. The Morgan fingerprint density at radius 1 is 1.50 bits per heavy atom. The molecular weight excluding hydrogens is 272 g/mol. The molecule has 4 nitrogen and oxygen atoms in total. The van der Waals surface area contributed by atoms with Crippen molar-refractivity contribution in [3.05, 3.63) is 38.3 Å². The predicted octanol–water partition coefficient (Wildman–Crippen LogP) is 3.03. The lowest BCUT2D eigenvalue weighted by atomic mass is 9.96. The van der Waals surface area contributed by atoms with Gasteiger partial charge in [-0.2, -0.15) is 0 Å². The zero-order valence-electron chi connectivity index (χ0n) is 9.37. The Balaban J connectivity index is 2.90. The number of nitro benzene ring substituents is 1. The number of hydrogen-bond donors (Lipinski definition) is 1. The van der Waals surface area contributed by atoms with Crippen LogP contribution in [0.15, 0.2) is 22.7 Å². The highest BCUT2D eigenvalue weighted by Crippen LogP contribution is 2.29. The first-order valence-corrected chi connectivity index (χ1v) is 5.81. The summed E-state index contributed by atoms with van der Waals surface area (Å²) >= 11 is 3.27. The molecule has 0 fully saturated rings. The van der Waals surface area contributed by atoms with Crippen LogP contribution >= 0.6 is 15.9 Å². The van der Waals surface area contributed by atoms with Crippen molar-refractivity contribution in [2.24, 2.45) is 5.73 Å². The van der Waals surface area contributed by atoms with Crippen molar-refractivity contribution in [3.63, 3.8) is 0 Å². The molecule has 1 rings (SSSR count). The van der Waals surface area contributed by atoms with Crippen LogP contribution < -0.4 is 5.73 Å². The highest BCUT2D eigenvalue weighted by Gasteiger charge is 2.17. The van der Waals surface area contributed by atoms with Crippen LogP contribution in [-0.2, 0) is 6.42 Å². The molecule has 0 heterocycles. The molecule has 1 aromatic rings. The fourth-order valence-electron chi connectivity index (χ4n) is 1.36. The maximum atomic E-state index is 10.7. The van der Waals surface area contributed by atoms with Crippen LogP contribution in [0, 0.1) is 10.1 Å². The van der Waals surface area contributed by atoms with Gasteiger partial charge in [0.05, 0.1) is 9.40 Å². The lowest BCUT2D eigenvalue weighted by Crippen LogP contribution is -2.32. The van der Waals surface area contributed by atoms with Crippen molar-refractivity contribution in [2.45, 2.75) is 32.2 Å². The second-order valence-electron chi connectivity index (χ2n) is 4.50. The van der Waals surface area contributed by atoms with Gasteiger partial charge in [0.2, 0.25) is 0 Å². The predicted molar refractivity (Wildman–Crippen MR) is 67.4 cm³/mol. The Bertz CT molecular complexity index is 399. The Morgan fingerprint density at radius 2 is 2.12 bits per heavy atom. The van der Waals surface area contributed by atoms with E-state index in [4.69, 9.17) is 5.73 Å². The van der Waals surface area contributed by atoms with Gasteiger partial charge in [0.1, 0.15) is 0 Å². The molecular formula is C11H15BrN2O2. The quantitative estimate of drug-likeness (QED) is 0.683. The molecule has 0 bridgehead atoms. The van der Waals surface area contributed by atoms with E-state index in [0.29, 0.717) is 4.47 Å². The molecule has 0 saturated carbocycles. The van der Waals surface area contributed by atoms with Crippen molar-refractivity contribution < 1.29 is 4.92 Å². The van der Waals surface area contributed by atoms with Gasteiger partial charge in [-0.15, -0.1) is 0 Å². The van der Waals surface area contributed by atoms with Crippen LogP contribution in [-0.4, -0.2) is 10.5 Å². The summed E-state index contributed by atoms with van der Waals surface area (Å²) in [6.45, 7) is 3.89. The lowest BCUT2D eigenvalue weighted by molar-refractivity contribution is -0.385. The second kappa shape index (κ2) is 4.93. The summed E-state index contributed by atoms with van der Waals surface area (Å²) in [5.41, 5.74) is 6.65. The summed E-state index contributed by atoms with van der Waals surface area (Å²) in [4.78, 5) is 10.3. The molecule has 0 spiro atoms. The average Bonchev–Trinajstić information content (AvgIpc) is 2.14. The van der Waals surface area contributed by atoms with Gasteiger partial charge >= 0.3 is 0 Å². The summed E-state index contributed by atoms with van der Waals surface area (Å²) in [5, 5.41) is 10.7. The van der Waals surface area contributed by atoms with Gasteiger partial charge < -0.3 is 5.73 Å².